The number of nitrogens with one attached hydrogen (secondary N) is 1. The second-order valence-corrected chi connectivity index (χ2v) is 4.86. The molecule has 0 atom stereocenters. The number of benzene rings is 1. The summed E-state index contributed by atoms with van der Waals surface area (Å²) < 4.78 is 10.6. The van der Waals surface area contributed by atoms with Crippen LogP contribution < -0.4 is 19.7 Å². The van der Waals surface area contributed by atoms with Gasteiger partial charge >= 0.3 is 0 Å². The maximum atomic E-state index is 5.28. The fraction of sp³-hybridized carbons (Fsp3) is 0.312. The lowest BCUT2D eigenvalue weighted by atomic mass is 10.2. The van der Waals surface area contributed by atoms with E-state index in [0.29, 0.717) is 6.54 Å². The fourth-order valence-corrected chi connectivity index (χ4v) is 2.08. The summed E-state index contributed by atoms with van der Waals surface area (Å²) in [5.41, 5.74) is 3.17. The number of hydrogen-bond acceptors (Lipinski definition) is 5. The predicted molar refractivity (Wildman–Crippen MR) is 85.4 cm³/mol. The standard InChI is InChI=1S/C16H21N3O2/c1-19(2)16-5-6-17-11-15(16)18-10-12-7-13(20-3)9-14(8-12)21-4/h5-9,11,18H,10H2,1-4H3. The van der Waals surface area contributed by atoms with E-state index in [-0.39, 0.29) is 0 Å². The molecule has 0 spiro atoms. The van der Waals surface area contributed by atoms with Gasteiger partial charge in [0.2, 0.25) is 0 Å². The molecule has 21 heavy (non-hydrogen) atoms. The van der Waals surface area contributed by atoms with Crippen LogP contribution in [0.2, 0.25) is 0 Å². The zero-order chi connectivity index (χ0) is 15.2. The summed E-state index contributed by atoms with van der Waals surface area (Å²) >= 11 is 0. The number of ether oxygens (including phenoxy) is 2. The summed E-state index contributed by atoms with van der Waals surface area (Å²) in [5, 5.41) is 3.40. The predicted octanol–water partition coefficient (Wildman–Crippen LogP) is 2.78. The fourth-order valence-electron chi connectivity index (χ4n) is 2.08. The first-order valence-electron chi connectivity index (χ1n) is 6.71. The summed E-state index contributed by atoms with van der Waals surface area (Å²) in [4.78, 5) is 6.22. The van der Waals surface area contributed by atoms with E-state index >= 15 is 0 Å². The van der Waals surface area contributed by atoms with Crippen LogP contribution in [0.5, 0.6) is 11.5 Å². The molecule has 1 aromatic heterocycles. The summed E-state index contributed by atoms with van der Waals surface area (Å²) in [6.07, 6.45) is 3.61. The van der Waals surface area contributed by atoms with Crippen LogP contribution in [-0.4, -0.2) is 33.3 Å². The topological polar surface area (TPSA) is 46.6 Å². The molecule has 0 fully saturated rings. The van der Waals surface area contributed by atoms with E-state index in [4.69, 9.17) is 9.47 Å². The average Bonchev–Trinajstić information content (AvgIpc) is 2.52. The molecule has 0 aliphatic rings. The van der Waals surface area contributed by atoms with Gasteiger partial charge in [-0.3, -0.25) is 4.98 Å². The molecule has 0 amide bonds. The van der Waals surface area contributed by atoms with Crippen LogP contribution in [0.4, 0.5) is 11.4 Å². The van der Waals surface area contributed by atoms with Crippen molar-refractivity contribution in [3.05, 3.63) is 42.2 Å². The minimum absolute atomic E-state index is 0.667. The highest BCUT2D eigenvalue weighted by Gasteiger charge is 2.06. The number of nitrogens with zero attached hydrogens (tertiary/aromatic N) is 2. The van der Waals surface area contributed by atoms with Crippen LogP contribution in [0.15, 0.2) is 36.7 Å². The molecule has 2 aromatic rings. The SMILES string of the molecule is COc1cc(CNc2cnccc2N(C)C)cc(OC)c1. The summed E-state index contributed by atoms with van der Waals surface area (Å²) in [5.74, 6) is 1.57. The van der Waals surface area contributed by atoms with Crippen molar-refractivity contribution in [2.75, 3.05) is 38.5 Å². The van der Waals surface area contributed by atoms with Crippen molar-refractivity contribution in [3.8, 4) is 11.5 Å². The van der Waals surface area contributed by atoms with E-state index in [1.54, 1.807) is 20.4 Å². The van der Waals surface area contributed by atoms with E-state index < -0.39 is 0 Å². The number of pyridine rings is 1. The Morgan fingerprint density at radius 1 is 1.10 bits per heavy atom. The molecule has 0 radical (unpaired) electrons. The van der Waals surface area contributed by atoms with Crippen molar-refractivity contribution in [1.29, 1.82) is 0 Å². The van der Waals surface area contributed by atoms with Crippen LogP contribution >= 0.6 is 0 Å². The number of hydrogen-bond donors (Lipinski definition) is 1. The molecule has 0 saturated carbocycles. The first-order valence-corrected chi connectivity index (χ1v) is 6.71. The van der Waals surface area contributed by atoms with Crippen molar-refractivity contribution >= 4 is 11.4 Å². The van der Waals surface area contributed by atoms with Crippen LogP contribution in [0.3, 0.4) is 0 Å². The van der Waals surface area contributed by atoms with Crippen molar-refractivity contribution in [2.24, 2.45) is 0 Å². The van der Waals surface area contributed by atoms with Crippen LogP contribution in [-0.2, 0) is 6.54 Å². The molecule has 0 unspecified atom stereocenters. The Kier molecular flexibility index (Phi) is 4.87. The van der Waals surface area contributed by atoms with Crippen molar-refractivity contribution in [1.82, 2.24) is 4.98 Å². The Hall–Kier alpha value is -2.43. The smallest absolute Gasteiger partial charge is 0.122 e. The van der Waals surface area contributed by atoms with Crippen LogP contribution in [0, 0.1) is 0 Å². The number of rotatable bonds is 6. The third-order valence-electron chi connectivity index (χ3n) is 3.17. The molecule has 0 aliphatic carbocycles. The van der Waals surface area contributed by atoms with Gasteiger partial charge in [0.15, 0.2) is 0 Å². The lowest BCUT2D eigenvalue weighted by molar-refractivity contribution is 0.393. The maximum absolute atomic E-state index is 5.28. The highest BCUT2D eigenvalue weighted by molar-refractivity contribution is 5.68. The third-order valence-corrected chi connectivity index (χ3v) is 3.17. The Bertz CT molecular complexity index is 578. The van der Waals surface area contributed by atoms with E-state index in [1.807, 2.05) is 44.6 Å². The highest BCUT2D eigenvalue weighted by Crippen LogP contribution is 2.25. The first-order chi connectivity index (χ1) is 10.1. The summed E-state index contributed by atoms with van der Waals surface area (Å²) in [6.45, 7) is 0.667. The third kappa shape index (κ3) is 3.78. The molecule has 5 nitrogen and oxygen atoms in total. The van der Waals surface area contributed by atoms with Gasteiger partial charge in [-0.15, -0.1) is 0 Å². The molecule has 2 rings (SSSR count). The molecule has 1 aromatic carbocycles. The second kappa shape index (κ2) is 6.83. The highest BCUT2D eigenvalue weighted by atomic mass is 16.5. The minimum atomic E-state index is 0.667. The van der Waals surface area contributed by atoms with Crippen LogP contribution in [0.1, 0.15) is 5.56 Å². The van der Waals surface area contributed by atoms with Crippen LogP contribution in [0.25, 0.3) is 0 Å². The van der Waals surface area contributed by atoms with Gasteiger partial charge in [-0.05, 0) is 23.8 Å². The Labute approximate surface area is 125 Å². The summed E-state index contributed by atoms with van der Waals surface area (Å²) in [7, 11) is 7.32. The maximum Gasteiger partial charge on any atom is 0.122 e. The molecule has 5 heteroatoms. The number of anilines is 2. The van der Waals surface area contributed by atoms with Gasteiger partial charge in [0.1, 0.15) is 11.5 Å². The Morgan fingerprint density at radius 2 is 1.76 bits per heavy atom. The van der Waals surface area contributed by atoms with E-state index in [1.165, 1.54) is 0 Å². The number of aromatic nitrogens is 1. The minimum Gasteiger partial charge on any atom is -0.497 e. The van der Waals surface area contributed by atoms with E-state index in [9.17, 15) is 0 Å². The largest absolute Gasteiger partial charge is 0.497 e. The van der Waals surface area contributed by atoms with Gasteiger partial charge in [0.25, 0.3) is 0 Å². The summed E-state index contributed by atoms with van der Waals surface area (Å²) in [6, 6.07) is 7.82. The average molecular weight is 287 g/mol. The Balaban J connectivity index is 2.16. The molecular formula is C16H21N3O2. The second-order valence-electron chi connectivity index (χ2n) is 4.86. The van der Waals surface area contributed by atoms with Crippen molar-refractivity contribution in [3.63, 3.8) is 0 Å². The molecule has 0 aliphatic heterocycles. The van der Waals surface area contributed by atoms with Gasteiger partial charge < -0.3 is 19.7 Å². The zero-order valence-electron chi connectivity index (χ0n) is 12.9. The number of methoxy groups -OCH3 is 2. The molecule has 1 heterocycles. The normalized spacial score (nSPS) is 10.1. The van der Waals surface area contributed by atoms with Gasteiger partial charge in [-0.25, -0.2) is 0 Å². The molecular weight excluding hydrogens is 266 g/mol. The lowest BCUT2D eigenvalue weighted by Gasteiger charge is -2.18. The van der Waals surface area contributed by atoms with Crippen molar-refractivity contribution < 1.29 is 9.47 Å². The quantitative estimate of drug-likeness (QED) is 0.885. The van der Waals surface area contributed by atoms with Gasteiger partial charge in [-0.1, -0.05) is 0 Å². The molecule has 0 saturated heterocycles. The van der Waals surface area contributed by atoms with E-state index in [2.05, 4.69) is 15.2 Å². The molecule has 0 bridgehead atoms. The van der Waals surface area contributed by atoms with E-state index in [0.717, 1.165) is 28.4 Å². The lowest BCUT2D eigenvalue weighted by Crippen LogP contribution is -2.12. The molecule has 112 valence electrons. The van der Waals surface area contributed by atoms with Crippen molar-refractivity contribution in [2.45, 2.75) is 6.54 Å². The van der Waals surface area contributed by atoms with Gasteiger partial charge in [-0.2, -0.15) is 0 Å². The monoisotopic (exact) mass is 287 g/mol. The van der Waals surface area contributed by atoms with Gasteiger partial charge in [0.05, 0.1) is 31.8 Å². The Morgan fingerprint density at radius 3 is 2.33 bits per heavy atom. The zero-order valence-corrected chi connectivity index (χ0v) is 12.9. The first kappa shape index (κ1) is 15.0. The van der Waals surface area contributed by atoms with Gasteiger partial charge in [0, 0.05) is 32.9 Å². The molecule has 1 N–H and O–H groups in total.